The quantitative estimate of drug-likeness (QED) is 0.377. The van der Waals surface area contributed by atoms with E-state index in [9.17, 15) is 9.59 Å². The van der Waals surface area contributed by atoms with Crippen LogP contribution in [-0.4, -0.2) is 70.8 Å². The van der Waals surface area contributed by atoms with Gasteiger partial charge >= 0.3 is 0 Å². The average Bonchev–Trinajstić information content (AvgIpc) is 2.80. The van der Waals surface area contributed by atoms with E-state index in [2.05, 4.69) is 32.0 Å². The standard InChI is InChI=1S/C22H23N7O2/c1-28-8-10-29(11-9-28)22(31)15-2-4-17(5-3-15)25-14-20(27-23)18-12-16-13-24-7-6-19(16)26-21(18)30/h2-7,12-14H,8-11,23H2,1H3,(H,26,30). The number of likely N-dealkylation sites (N-methyl/N-ethyl adjacent to an activating group) is 1. The molecule has 0 radical (unpaired) electrons. The van der Waals surface area contributed by atoms with Crippen LogP contribution < -0.4 is 11.4 Å². The summed E-state index contributed by atoms with van der Waals surface area (Å²) in [7, 11) is 2.05. The van der Waals surface area contributed by atoms with E-state index in [1.54, 1.807) is 48.8 Å². The average molecular weight is 417 g/mol. The molecule has 1 aromatic carbocycles. The van der Waals surface area contributed by atoms with Gasteiger partial charge in [0.1, 0.15) is 5.71 Å². The molecule has 1 fully saturated rings. The van der Waals surface area contributed by atoms with Gasteiger partial charge in [0.15, 0.2) is 0 Å². The van der Waals surface area contributed by atoms with Crippen LogP contribution in [0.5, 0.6) is 0 Å². The molecule has 3 N–H and O–H groups in total. The molecule has 4 rings (SSSR count). The summed E-state index contributed by atoms with van der Waals surface area (Å²) >= 11 is 0. The molecular formula is C22H23N7O2. The SMILES string of the molecule is CN1CCN(C(=O)c2ccc(N=CC(=NN)c3cc4cnccc4[nH]c3=O)cc2)CC1. The highest BCUT2D eigenvalue weighted by Crippen LogP contribution is 2.16. The number of aromatic amines is 1. The third-order valence-electron chi connectivity index (χ3n) is 5.30. The van der Waals surface area contributed by atoms with Crippen LogP contribution in [0.4, 0.5) is 5.69 Å². The number of hydrogen-bond donors (Lipinski definition) is 2. The predicted octanol–water partition coefficient (Wildman–Crippen LogP) is 1.38. The number of carbonyl (C=O) groups excluding carboxylic acids is 1. The maximum Gasteiger partial charge on any atom is 0.258 e. The van der Waals surface area contributed by atoms with E-state index < -0.39 is 0 Å². The number of benzene rings is 1. The van der Waals surface area contributed by atoms with Gasteiger partial charge < -0.3 is 20.6 Å². The molecule has 1 amide bonds. The third kappa shape index (κ3) is 4.51. The van der Waals surface area contributed by atoms with E-state index in [1.165, 1.54) is 6.21 Å². The van der Waals surface area contributed by atoms with Crippen LogP contribution in [0.1, 0.15) is 15.9 Å². The summed E-state index contributed by atoms with van der Waals surface area (Å²) in [5, 5.41) is 4.48. The van der Waals surface area contributed by atoms with E-state index >= 15 is 0 Å². The molecule has 0 atom stereocenters. The molecule has 158 valence electrons. The largest absolute Gasteiger partial charge is 0.336 e. The highest BCUT2D eigenvalue weighted by atomic mass is 16.2. The number of amides is 1. The number of hydrogen-bond acceptors (Lipinski definition) is 7. The lowest BCUT2D eigenvalue weighted by Crippen LogP contribution is -2.47. The molecule has 3 heterocycles. The van der Waals surface area contributed by atoms with Crippen molar-refractivity contribution in [2.75, 3.05) is 33.2 Å². The van der Waals surface area contributed by atoms with Gasteiger partial charge in [-0.25, -0.2) is 0 Å². The summed E-state index contributed by atoms with van der Waals surface area (Å²) in [6.45, 7) is 3.20. The molecule has 1 aliphatic rings. The van der Waals surface area contributed by atoms with Gasteiger partial charge in [-0.3, -0.25) is 19.6 Å². The Labute approximate surface area is 178 Å². The topological polar surface area (TPSA) is 120 Å². The van der Waals surface area contributed by atoms with Crippen molar-refractivity contribution in [3.05, 3.63) is 70.3 Å². The summed E-state index contributed by atoms with van der Waals surface area (Å²) in [6, 6.07) is 10.4. The lowest BCUT2D eigenvalue weighted by atomic mass is 10.1. The molecule has 0 bridgehead atoms. The number of hydrazone groups is 1. The van der Waals surface area contributed by atoms with E-state index in [-0.39, 0.29) is 17.2 Å². The molecule has 31 heavy (non-hydrogen) atoms. The van der Waals surface area contributed by atoms with Crippen LogP contribution in [0.25, 0.3) is 10.9 Å². The predicted molar refractivity (Wildman–Crippen MR) is 121 cm³/mol. The van der Waals surface area contributed by atoms with Crippen molar-refractivity contribution >= 4 is 34.4 Å². The van der Waals surface area contributed by atoms with Gasteiger partial charge in [0, 0.05) is 49.5 Å². The first-order valence-corrected chi connectivity index (χ1v) is 9.92. The number of aliphatic imine (C=N–C) groups is 1. The molecule has 0 spiro atoms. The van der Waals surface area contributed by atoms with Gasteiger partial charge in [0.05, 0.1) is 23.0 Å². The van der Waals surface area contributed by atoms with Crippen molar-refractivity contribution in [2.45, 2.75) is 0 Å². The monoisotopic (exact) mass is 417 g/mol. The molecule has 0 aliphatic carbocycles. The molecule has 3 aromatic rings. The number of aromatic nitrogens is 2. The van der Waals surface area contributed by atoms with Gasteiger partial charge in [-0.05, 0) is 43.4 Å². The number of pyridine rings is 2. The minimum Gasteiger partial charge on any atom is -0.336 e. The van der Waals surface area contributed by atoms with Gasteiger partial charge in [-0.15, -0.1) is 0 Å². The summed E-state index contributed by atoms with van der Waals surface area (Å²) in [6.07, 6.45) is 4.69. The second-order valence-electron chi connectivity index (χ2n) is 7.39. The smallest absolute Gasteiger partial charge is 0.258 e. The number of nitrogens with two attached hydrogens (primary N) is 1. The number of H-pyrrole nitrogens is 1. The molecule has 1 saturated heterocycles. The number of nitrogens with one attached hydrogen (secondary N) is 1. The summed E-state index contributed by atoms with van der Waals surface area (Å²) in [5.74, 6) is 5.53. The Morgan fingerprint density at radius 2 is 1.90 bits per heavy atom. The molecule has 9 nitrogen and oxygen atoms in total. The van der Waals surface area contributed by atoms with Crippen molar-refractivity contribution in [1.82, 2.24) is 19.8 Å². The minimum absolute atomic E-state index is 0.0177. The van der Waals surface area contributed by atoms with E-state index in [0.717, 1.165) is 31.6 Å². The first-order chi connectivity index (χ1) is 15.0. The maximum atomic E-state index is 12.6. The highest BCUT2D eigenvalue weighted by Gasteiger charge is 2.20. The van der Waals surface area contributed by atoms with Crippen LogP contribution in [-0.2, 0) is 0 Å². The summed E-state index contributed by atoms with van der Waals surface area (Å²) in [5.41, 5.74) is 2.14. The molecule has 9 heteroatoms. The van der Waals surface area contributed by atoms with Gasteiger partial charge in [0.2, 0.25) is 0 Å². The van der Waals surface area contributed by atoms with Crippen LogP contribution in [0.2, 0.25) is 0 Å². The summed E-state index contributed by atoms with van der Waals surface area (Å²) in [4.78, 5) is 40.3. The minimum atomic E-state index is -0.317. The fourth-order valence-electron chi connectivity index (χ4n) is 3.43. The van der Waals surface area contributed by atoms with Gasteiger partial charge in [-0.2, -0.15) is 5.10 Å². The highest BCUT2D eigenvalue weighted by molar-refractivity contribution is 6.38. The van der Waals surface area contributed by atoms with E-state index in [4.69, 9.17) is 5.84 Å². The third-order valence-corrected chi connectivity index (χ3v) is 5.30. The Kier molecular flexibility index (Phi) is 5.85. The second-order valence-corrected chi connectivity index (χ2v) is 7.39. The number of carbonyl (C=O) groups is 1. The van der Waals surface area contributed by atoms with Crippen molar-refractivity contribution in [3.8, 4) is 0 Å². The Morgan fingerprint density at radius 1 is 1.16 bits per heavy atom. The van der Waals surface area contributed by atoms with E-state index in [1.807, 2.05) is 4.90 Å². The summed E-state index contributed by atoms with van der Waals surface area (Å²) < 4.78 is 0. The molecular weight excluding hydrogens is 394 g/mol. The van der Waals surface area contributed by atoms with E-state index in [0.29, 0.717) is 22.3 Å². The van der Waals surface area contributed by atoms with Gasteiger partial charge in [0.25, 0.3) is 11.5 Å². The zero-order chi connectivity index (χ0) is 21.8. The lowest BCUT2D eigenvalue weighted by Gasteiger charge is -2.32. The van der Waals surface area contributed by atoms with Crippen molar-refractivity contribution in [3.63, 3.8) is 0 Å². The number of nitrogens with zero attached hydrogens (tertiary/aromatic N) is 5. The second kappa shape index (κ2) is 8.88. The molecule has 1 aliphatic heterocycles. The van der Waals surface area contributed by atoms with Crippen molar-refractivity contribution in [1.29, 1.82) is 0 Å². The first-order valence-electron chi connectivity index (χ1n) is 9.92. The first kappa shape index (κ1) is 20.4. The number of piperazine rings is 1. The Morgan fingerprint density at radius 3 is 2.61 bits per heavy atom. The Bertz CT molecular complexity index is 1210. The molecule has 0 saturated carbocycles. The van der Waals surface area contributed by atoms with Crippen LogP contribution >= 0.6 is 0 Å². The van der Waals surface area contributed by atoms with Crippen LogP contribution in [0, 0.1) is 0 Å². The maximum absolute atomic E-state index is 12.6. The Balaban J connectivity index is 1.51. The molecule has 0 unspecified atom stereocenters. The normalized spacial score (nSPS) is 15.6. The van der Waals surface area contributed by atoms with Crippen LogP contribution in [0.3, 0.4) is 0 Å². The van der Waals surface area contributed by atoms with Crippen LogP contribution in [0.15, 0.2) is 63.7 Å². The van der Waals surface area contributed by atoms with Gasteiger partial charge in [-0.1, -0.05) is 0 Å². The molecule has 2 aromatic heterocycles. The zero-order valence-electron chi connectivity index (χ0n) is 17.2. The lowest BCUT2D eigenvalue weighted by molar-refractivity contribution is 0.0664. The van der Waals surface area contributed by atoms with Crippen molar-refractivity contribution in [2.24, 2.45) is 15.9 Å². The fraction of sp³-hybridized carbons (Fsp3) is 0.227. The number of fused-ring (bicyclic) bond motifs is 1. The fourth-order valence-corrected chi connectivity index (χ4v) is 3.43. The number of rotatable bonds is 4. The van der Waals surface area contributed by atoms with Crippen molar-refractivity contribution < 1.29 is 4.79 Å². The zero-order valence-corrected chi connectivity index (χ0v) is 17.2. The Hall–Kier alpha value is -3.85.